The van der Waals surface area contributed by atoms with E-state index in [-0.39, 0.29) is 11.6 Å². The second kappa shape index (κ2) is 4.74. The summed E-state index contributed by atoms with van der Waals surface area (Å²) in [4.78, 5) is 2.23. The van der Waals surface area contributed by atoms with Gasteiger partial charge in [0.15, 0.2) is 0 Å². The molecule has 4 heteroatoms. The molecule has 0 amide bonds. The second-order valence-corrected chi connectivity index (χ2v) is 4.19. The molecule has 1 rings (SSSR count). The lowest BCUT2D eigenvalue weighted by Crippen LogP contribution is -2.47. The molecule has 0 bridgehead atoms. The zero-order valence-electron chi connectivity index (χ0n) is 8.99. The van der Waals surface area contributed by atoms with Crippen LogP contribution in [0.25, 0.3) is 0 Å². The molecule has 1 saturated heterocycles. The summed E-state index contributed by atoms with van der Waals surface area (Å²) in [6.45, 7) is 4.75. The Balaban J connectivity index is 2.33. The summed E-state index contributed by atoms with van der Waals surface area (Å²) in [5.41, 5.74) is 5.59. The zero-order chi connectivity index (χ0) is 10.6. The molecule has 1 fully saturated rings. The summed E-state index contributed by atoms with van der Waals surface area (Å²) in [5, 5.41) is 8.59. The van der Waals surface area contributed by atoms with Gasteiger partial charge in [-0.25, -0.2) is 0 Å². The van der Waals surface area contributed by atoms with Crippen molar-refractivity contribution in [3.05, 3.63) is 0 Å². The lowest BCUT2D eigenvalue weighted by Gasteiger charge is -2.38. The fourth-order valence-electron chi connectivity index (χ4n) is 1.73. The van der Waals surface area contributed by atoms with Crippen LogP contribution in [0.5, 0.6) is 0 Å². The van der Waals surface area contributed by atoms with Crippen molar-refractivity contribution in [1.82, 2.24) is 4.90 Å². The van der Waals surface area contributed by atoms with E-state index in [0.29, 0.717) is 6.54 Å². The topological polar surface area (TPSA) is 62.3 Å². The molecule has 0 radical (unpaired) electrons. The summed E-state index contributed by atoms with van der Waals surface area (Å²) in [6, 6.07) is 1.69. The van der Waals surface area contributed by atoms with Crippen LogP contribution in [0.2, 0.25) is 0 Å². The first-order chi connectivity index (χ1) is 6.59. The molecule has 0 aromatic carbocycles. The van der Waals surface area contributed by atoms with E-state index in [1.165, 1.54) is 0 Å². The molecule has 2 N–H and O–H groups in total. The van der Waals surface area contributed by atoms with Crippen molar-refractivity contribution in [3.8, 4) is 6.07 Å². The van der Waals surface area contributed by atoms with Crippen LogP contribution in [-0.4, -0.2) is 43.3 Å². The zero-order valence-corrected chi connectivity index (χ0v) is 8.99. The van der Waals surface area contributed by atoms with Crippen LogP contribution in [0.15, 0.2) is 0 Å². The molecule has 0 spiro atoms. The van der Waals surface area contributed by atoms with E-state index < -0.39 is 0 Å². The van der Waals surface area contributed by atoms with Crippen LogP contribution in [-0.2, 0) is 4.74 Å². The Kier molecular flexibility index (Phi) is 3.87. The number of ether oxygens (including phenoxy) is 1. The maximum Gasteiger partial charge on any atom is 0.106 e. The molecule has 0 aromatic rings. The molecule has 1 aliphatic rings. The lowest BCUT2D eigenvalue weighted by molar-refractivity contribution is -0.0427. The third-order valence-electron chi connectivity index (χ3n) is 3.03. The number of methoxy groups -OCH3 is 1. The van der Waals surface area contributed by atoms with Crippen molar-refractivity contribution >= 4 is 0 Å². The molecule has 1 heterocycles. The number of likely N-dealkylation sites (tertiary alicyclic amines) is 1. The molecule has 1 aliphatic heterocycles. The van der Waals surface area contributed by atoms with E-state index in [2.05, 4.69) is 17.9 Å². The summed E-state index contributed by atoms with van der Waals surface area (Å²) < 4.78 is 5.44. The number of piperidine rings is 1. The maximum absolute atomic E-state index is 8.59. The first-order valence-corrected chi connectivity index (χ1v) is 5.02. The summed E-state index contributed by atoms with van der Waals surface area (Å²) in [7, 11) is 1.76. The van der Waals surface area contributed by atoms with E-state index in [4.69, 9.17) is 15.7 Å². The van der Waals surface area contributed by atoms with Crippen molar-refractivity contribution in [1.29, 1.82) is 5.26 Å². The molecule has 80 valence electrons. The first-order valence-electron chi connectivity index (χ1n) is 5.02. The molecule has 4 nitrogen and oxygen atoms in total. The van der Waals surface area contributed by atoms with Crippen molar-refractivity contribution < 1.29 is 4.74 Å². The Bertz CT molecular complexity index is 216. The van der Waals surface area contributed by atoms with Crippen molar-refractivity contribution in [3.63, 3.8) is 0 Å². The quantitative estimate of drug-likeness (QED) is 0.708. The van der Waals surface area contributed by atoms with Crippen molar-refractivity contribution in [2.45, 2.75) is 31.4 Å². The third-order valence-corrected chi connectivity index (χ3v) is 3.03. The minimum absolute atomic E-state index is 0.0211. The van der Waals surface area contributed by atoms with E-state index in [0.717, 1.165) is 25.9 Å². The number of hydrogen-bond donors (Lipinski definition) is 1. The Morgan fingerprint density at radius 2 is 2.14 bits per heavy atom. The fourth-order valence-corrected chi connectivity index (χ4v) is 1.73. The Labute approximate surface area is 85.6 Å². The standard InChI is InChI=1S/C10H19N3O/c1-10(14-2)3-5-13(6-4-10)8-9(12)7-11/h9H,3-6,8,12H2,1-2H3. The highest BCUT2D eigenvalue weighted by Gasteiger charge is 2.29. The molecule has 14 heavy (non-hydrogen) atoms. The average molecular weight is 197 g/mol. The number of nitrogens with zero attached hydrogens (tertiary/aromatic N) is 2. The van der Waals surface area contributed by atoms with Gasteiger partial charge in [-0.3, -0.25) is 0 Å². The van der Waals surface area contributed by atoms with E-state index >= 15 is 0 Å². The van der Waals surface area contributed by atoms with Gasteiger partial charge < -0.3 is 15.4 Å². The Morgan fingerprint density at radius 1 is 1.57 bits per heavy atom. The first kappa shape index (κ1) is 11.4. The van der Waals surface area contributed by atoms with Crippen LogP contribution >= 0.6 is 0 Å². The maximum atomic E-state index is 8.59. The molecular weight excluding hydrogens is 178 g/mol. The van der Waals surface area contributed by atoms with Crippen LogP contribution in [0.3, 0.4) is 0 Å². The van der Waals surface area contributed by atoms with Gasteiger partial charge in [0, 0.05) is 26.7 Å². The van der Waals surface area contributed by atoms with Gasteiger partial charge in [0.05, 0.1) is 11.7 Å². The average Bonchev–Trinajstić information content (AvgIpc) is 2.21. The molecule has 1 unspecified atom stereocenters. The Morgan fingerprint density at radius 3 is 2.57 bits per heavy atom. The van der Waals surface area contributed by atoms with Gasteiger partial charge in [-0.05, 0) is 19.8 Å². The molecule has 1 atom stereocenters. The highest BCUT2D eigenvalue weighted by atomic mass is 16.5. The SMILES string of the molecule is COC1(C)CCN(CC(N)C#N)CC1. The van der Waals surface area contributed by atoms with Gasteiger partial charge in [-0.1, -0.05) is 0 Å². The predicted octanol–water partition coefficient (Wildman–Crippen LogP) is 0.338. The largest absolute Gasteiger partial charge is 0.378 e. The van der Waals surface area contributed by atoms with Gasteiger partial charge in [-0.2, -0.15) is 5.26 Å². The van der Waals surface area contributed by atoms with E-state index in [9.17, 15) is 0 Å². The number of rotatable bonds is 3. The van der Waals surface area contributed by atoms with E-state index in [1.807, 2.05) is 0 Å². The lowest BCUT2D eigenvalue weighted by atomic mass is 9.93. The highest BCUT2D eigenvalue weighted by Crippen LogP contribution is 2.24. The van der Waals surface area contributed by atoms with E-state index in [1.54, 1.807) is 7.11 Å². The van der Waals surface area contributed by atoms with Gasteiger partial charge in [0.25, 0.3) is 0 Å². The molecule has 0 aromatic heterocycles. The van der Waals surface area contributed by atoms with Crippen LogP contribution < -0.4 is 5.73 Å². The number of nitriles is 1. The number of nitrogens with two attached hydrogens (primary N) is 1. The predicted molar refractivity (Wildman–Crippen MR) is 54.7 cm³/mol. The van der Waals surface area contributed by atoms with Crippen LogP contribution in [0.4, 0.5) is 0 Å². The van der Waals surface area contributed by atoms with Gasteiger partial charge >= 0.3 is 0 Å². The van der Waals surface area contributed by atoms with Gasteiger partial charge in [0.1, 0.15) is 6.04 Å². The van der Waals surface area contributed by atoms with Crippen LogP contribution in [0, 0.1) is 11.3 Å². The molecule has 0 aliphatic carbocycles. The van der Waals surface area contributed by atoms with Crippen LogP contribution in [0.1, 0.15) is 19.8 Å². The Hall–Kier alpha value is -0.630. The minimum atomic E-state index is -0.359. The summed E-state index contributed by atoms with van der Waals surface area (Å²) >= 11 is 0. The number of hydrogen-bond acceptors (Lipinski definition) is 4. The second-order valence-electron chi connectivity index (χ2n) is 4.19. The van der Waals surface area contributed by atoms with Gasteiger partial charge in [0.2, 0.25) is 0 Å². The monoisotopic (exact) mass is 197 g/mol. The molecular formula is C10H19N3O. The summed E-state index contributed by atoms with van der Waals surface area (Å²) in [5.74, 6) is 0. The minimum Gasteiger partial charge on any atom is -0.378 e. The fraction of sp³-hybridized carbons (Fsp3) is 0.900. The van der Waals surface area contributed by atoms with Gasteiger partial charge in [-0.15, -0.1) is 0 Å². The third kappa shape index (κ3) is 2.95. The smallest absolute Gasteiger partial charge is 0.106 e. The normalized spacial score (nSPS) is 24.1. The molecule has 0 saturated carbocycles. The van der Waals surface area contributed by atoms with Crippen molar-refractivity contribution in [2.75, 3.05) is 26.7 Å². The highest BCUT2D eigenvalue weighted by molar-refractivity contribution is 4.91. The summed E-state index contributed by atoms with van der Waals surface area (Å²) in [6.07, 6.45) is 2.03. The van der Waals surface area contributed by atoms with Crippen molar-refractivity contribution in [2.24, 2.45) is 5.73 Å².